The second kappa shape index (κ2) is 7.00. The number of carbonyl (C=O) groups is 1. The van der Waals surface area contributed by atoms with Gasteiger partial charge in [0.05, 0.1) is 25.1 Å². The Balaban J connectivity index is 1.98. The lowest BCUT2D eigenvalue weighted by Gasteiger charge is -2.21. The van der Waals surface area contributed by atoms with Gasteiger partial charge < -0.3 is 4.74 Å². The molecule has 0 bridgehead atoms. The summed E-state index contributed by atoms with van der Waals surface area (Å²) in [5.74, 6) is -0.418. The lowest BCUT2D eigenvalue weighted by molar-refractivity contribution is -0.140. The van der Waals surface area contributed by atoms with Crippen molar-refractivity contribution in [2.45, 2.75) is 38.3 Å². The zero-order valence-corrected chi connectivity index (χ0v) is 12.9. The van der Waals surface area contributed by atoms with Crippen LogP contribution in [0.25, 0.3) is 0 Å². The Kier molecular flexibility index (Phi) is 5.30. The first-order valence-corrected chi connectivity index (χ1v) is 8.60. The van der Waals surface area contributed by atoms with Crippen molar-refractivity contribution >= 4 is 16.0 Å². The molecular formula is C14H20N2O4S. The number of nitrogens with zero attached hydrogens (tertiary/aromatic N) is 2. The quantitative estimate of drug-likeness (QED) is 0.677. The predicted molar refractivity (Wildman–Crippen MR) is 77.8 cm³/mol. The van der Waals surface area contributed by atoms with E-state index in [1.807, 2.05) is 12.1 Å². The third-order valence-corrected chi connectivity index (χ3v) is 5.31. The number of carbonyl (C=O) groups excluding carboxylic acids is 1. The largest absolute Gasteiger partial charge is 0.469 e. The summed E-state index contributed by atoms with van der Waals surface area (Å²) in [6.07, 6.45) is 3.84. The number of methoxy groups -OCH3 is 1. The molecule has 1 aromatic heterocycles. The maximum atomic E-state index is 12.4. The van der Waals surface area contributed by atoms with Crippen molar-refractivity contribution in [3.63, 3.8) is 0 Å². The van der Waals surface area contributed by atoms with Gasteiger partial charge in [-0.25, -0.2) is 8.42 Å². The van der Waals surface area contributed by atoms with Gasteiger partial charge in [0.25, 0.3) is 0 Å². The second-order valence-electron chi connectivity index (χ2n) is 5.09. The highest BCUT2D eigenvalue weighted by atomic mass is 32.2. The van der Waals surface area contributed by atoms with Crippen LogP contribution in [0.4, 0.5) is 0 Å². The lowest BCUT2D eigenvalue weighted by atomic mass is 10.3. The molecule has 6 nitrogen and oxygen atoms in total. The molecule has 116 valence electrons. The zero-order chi connectivity index (χ0) is 15.3. The molecule has 2 rings (SSSR count). The second-order valence-corrected chi connectivity index (χ2v) is 7.13. The molecule has 0 amide bonds. The van der Waals surface area contributed by atoms with Gasteiger partial charge in [-0.05, 0) is 31.4 Å². The normalized spacial score (nSPS) is 15.1. The van der Waals surface area contributed by atoms with E-state index in [4.69, 9.17) is 0 Å². The van der Waals surface area contributed by atoms with Crippen LogP contribution in [0, 0.1) is 0 Å². The van der Waals surface area contributed by atoms with E-state index in [-0.39, 0.29) is 30.6 Å². The molecule has 1 heterocycles. The van der Waals surface area contributed by atoms with Gasteiger partial charge in [-0.3, -0.25) is 9.78 Å². The van der Waals surface area contributed by atoms with Crippen LogP contribution in [0.15, 0.2) is 24.4 Å². The van der Waals surface area contributed by atoms with Crippen LogP contribution in [0.3, 0.4) is 0 Å². The topological polar surface area (TPSA) is 76.6 Å². The fourth-order valence-corrected chi connectivity index (χ4v) is 3.82. The number of hydrogen-bond donors (Lipinski definition) is 0. The maximum Gasteiger partial charge on any atom is 0.305 e. The van der Waals surface area contributed by atoms with E-state index in [9.17, 15) is 13.2 Å². The van der Waals surface area contributed by atoms with Gasteiger partial charge in [0.15, 0.2) is 0 Å². The van der Waals surface area contributed by atoms with Gasteiger partial charge >= 0.3 is 5.97 Å². The number of aromatic nitrogens is 1. The Hall–Kier alpha value is -1.47. The molecule has 1 aliphatic carbocycles. The fraction of sp³-hybridized carbons (Fsp3) is 0.571. The van der Waals surface area contributed by atoms with E-state index >= 15 is 0 Å². The van der Waals surface area contributed by atoms with Crippen LogP contribution in [0.5, 0.6) is 0 Å². The van der Waals surface area contributed by atoms with E-state index in [0.29, 0.717) is 6.54 Å². The molecule has 1 aromatic rings. The van der Waals surface area contributed by atoms with Gasteiger partial charge in [-0.2, -0.15) is 4.31 Å². The molecule has 1 saturated carbocycles. The number of pyridine rings is 1. The Labute approximate surface area is 125 Å². The molecule has 0 spiro atoms. The van der Waals surface area contributed by atoms with Gasteiger partial charge in [-0.1, -0.05) is 6.07 Å². The molecule has 0 radical (unpaired) electrons. The van der Waals surface area contributed by atoms with E-state index in [0.717, 1.165) is 18.5 Å². The number of ether oxygens (including phenoxy) is 1. The van der Waals surface area contributed by atoms with Crippen LogP contribution in [-0.2, 0) is 26.1 Å². The van der Waals surface area contributed by atoms with Gasteiger partial charge in [-0.15, -0.1) is 0 Å². The van der Waals surface area contributed by atoms with Crippen molar-refractivity contribution in [1.82, 2.24) is 9.29 Å². The number of rotatable bonds is 8. The molecular weight excluding hydrogens is 292 g/mol. The Bertz CT molecular complexity index is 570. The van der Waals surface area contributed by atoms with Crippen molar-refractivity contribution in [2.24, 2.45) is 0 Å². The molecule has 0 N–H and O–H groups in total. The summed E-state index contributed by atoms with van der Waals surface area (Å²) in [5, 5.41) is 0. The number of esters is 1. The van der Waals surface area contributed by atoms with Crippen molar-refractivity contribution in [3.05, 3.63) is 30.1 Å². The first kappa shape index (κ1) is 15.9. The summed E-state index contributed by atoms with van der Waals surface area (Å²) in [5.41, 5.74) is 0.737. The minimum absolute atomic E-state index is 0.0363. The summed E-state index contributed by atoms with van der Waals surface area (Å²) >= 11 is 0. The highest BCUT2D eigenvalue weighted by molar-refractivity contribution is 7.89. The lowest BCUT2D eigenvalue weighted by Crippen LogP contribution is -2.35. The molecule has 7 heteroatoms. The molecule has 0 atom stereocenters. The summed E-state index contributed by atoms with van der Waals surface area (Å²) in [6.45, 7) is 0.298. The van der Waals surface area contributed by atoms with Crippen molar-refractivity contribution in [3.8, 4) is 0 Å². The monoisotopic (exact) mass is 312 g/mol. The van der Waals surface area contributed by atoms with Crippen LogP contribution in [-0.4, -0.2) is 42.6 Å². The van der Waals surface area contributed by atoms with Crippen molar-refractivity contribution in [2.75, 3.05) is 12.9 Å². The van der Waals surface area contributed by atoms with Crippen molar-refractivity contribution in [1.29, 1.82) is 0 Å². The van der Waals surface area contributed by atoms with Gasteiger partial charge in [0.1, 0.15) is 0 Å². The minimum Gasteiger partial charge on any atom is -0.469 e. The van der Waals surface area contributed by atoms with Crippen LogP contribution in [0.1, 0.15) is 31.4 Å². The maximum absolute atomic E-state index is 12.4. The smallest absolute Gasteiger partial charge is 0.305 e. The summed E-state index contributed by atoms with van der Waals surface area (Å²) < 4.78 is 30.9. The number of hydrogen-bond acceptors (Lipinski definition) is 5. The van der Waals surface area contributed by atoms with Crippen molar-refractivity contribution < 1.29 is 17.9 Å². The highest BCUT2D eigenvalue weighted by Gasteiger charge is 2.37. The van der Waals surface area contributed by atoms with E-state index < -0.39 is 10.0 Å². The molecule has 21 heavy (non-hydrogen) atoms. The predicted octanol–water partition coefficient (Wildman–Crippen LogP) is 1.33. The average molecular weight is 312 g/mol. The Morgan fingerprint density at radius 2 is 2.19 bits per heavy atom. The molecule has 1 aliphatic rings. The summed E-state index contributed by atoms with van der Waals surface area (Å²) in [6, 6.07) is 5.54. The molecule has 0 unspecified atom stereocenters. The van der Waals surface area contributed by atoms with Gasteiger partial charge in [0.2, 0.25) is 10.0 Å². The first-order valence-electron chi connectivity index (χ1n) is 6.99. The first-order chi connectivity index (χ1) is 10.0. The minimum atomic E-state index is -3.38. The van der Waals surface area contributed by atoms with E-state index in [1.165, 1.54) is 11.4 Å². The molecule has 0 saturated heterocycles. The fourth-order valence-electron chi connectivity index (χ4n) is 2.09. The Morgan fingerprint density at radius 1 is 1.43 bits per heavy atom. The third-order valence-electron chi connectivity index (χ3n) is 3.37. The SMILES string of the molecule is COC(=O)CCCS(=O)(=O)N(Cc1ccccn1)C1CC1. The average Bonchev–Trinajstić information content (AvgIpc) is 3.29. The summed E-state index contributed by atoms with van der Waals surface area (Å²) in [7, 11) is -2.08. The molecule has 1 fully saturated rings. The van der Waals surface area contributed by atoms with E-state index in [1.54, 1.807) is 12.3 Å². The highest BCUT2D eigenvalue weighted by Crippen LogP contribution is 2.31. The standard InChI is InChI=1S/C14H20N2O4S/c1-20-14(17)6-4-10-21(18,19)16(13-7-8-13)11-12-5-2-3-9-15-12/h2-3,5,9,13H,4,6-8,10-11H2,1H3. The Morgan fingerprint density at radius 3 is 2.76 bits per heavy atom. The number of sulfonamides is 1. The van der Waals surface area contributed by atoms with Crippen LogP contribution >= 0.6 is 0 Å². The zero-order valence-electron chi connectivity index (χ0n) is 12.1. The van der Waals surface area contributed by atoms with Gasteiger partial charge in [0, 0.05) is 18.7 Å². The van der Waals surface area contributed by atoms with E-state index in [2.05, 4.69) is 9.72 Å². The van der Waals surface area contributed by atoms with Crippen LogP contribution < -0.4 is 0 Å². The molecule has 0 aliphatic heterocycles. The third kappa shape index (κ3) is 4.78. The molecule has 0 aromatic carbocycles. The van der Waals surface area contributed by atoms with Crippen LogP contribution in [0.2, 0.25) is 0 Å². The summed E-state index contributed by atoms with van der Waals surface area (Å²) in [4.78, 5) is 15.2.